The lowest BCUT2D eigenvalue weighted by molar-refractivity contribution is -0.124. The molecule has 104 valence electrons. The molecule has 20 heavy (non-hydrogen) atoms. The Morgan fingerprint density at radius 3 is 3.10 bits per heavy atom. The monoisotopic (exact) mass is 274 g/mol. The van der Waals surface area contributed by atoms with E-state index in [1.807, 2.05) is 0 Å². The number of carbonyl (C=O) groups is 2. The van der Waals surface area contributed by atoms with Crippen LogP contribution >= 0.6 is 0 Å². The van der Waals surface area contributed by atoms with E-state index < -0.39 is 6.04 Å². The zero-order valence-electron chi connectivity index (χ0n) is 10.9. The smallest absolute Gasteiger partial charge is 0.243 e. The minimum Gasteiger partial charge on any atom is -0.441 e. The van der Waals surface area contributed by atoms with Crippen LogP contribution in [0.15, 0.2) is 22.6 Å². The molecule has 1 unspecified atom stereocenters. The number of piperazine rings is 1. The summed E-state index contributed by atoms with van der Waals surface area (Å²) in [7, 11) is 0. The molecule has 1 aliphatic rings. The Bertz CT molecular complexity index is 669. The number of aromatic nitrogens is 1. The molecular formula is C13H14N4O3. The number of hydrogen-bond acceptors (Lipinski definition) is 5. The predicted molar refractivity (Wildman–Crippen MR) is 72.2 cm³/mol. The van der Waals surface area contributed by atoms with Crippen LogP contribution in [0.1, 0.15) is 5.89 Å². The zero-order valence-corrected chi connectivity index (χ0v) is 10.9. The molecule has 0 spiro atoms. The van der Waals surface area contributed by atoms with Crippen molar-refractivity contribution in [2.75, 3.05) is 18.4 Å². The van der Waals surface area contributed by atoms with Crippen molar-refractivity contribution >= 4 is 28.6 Å². The molecule has 0 aliphatic carbocycles. The predicted octanol–water partition coefficient (Wildman–Crippen LogP) is 0.163. The summed E-state index contributed by atoms with van der Waals surface area (Å²) in [6, 6.07) is 4.85. The summed E-state index contributed by atoms with van der Waals surface area (Å²) in [5.74, 6) is 0.290. The molecule has 3 N–H and O–H groups in total. The summed E-state index contributed by atoms with van der Waals surface area (Å²) in [6.07, 6.45) is 0. The van der Waals surface area contributed by atoms with Crippen molar-refractivity contribution in [3.63, 3.8) is 0 Å². The number of carbonyl (C=O) groups excluding carboxylic acids is 2. The largest absolute Gasteiger partial charge is 0.441 e. The van der Waals surface area contributed by atoms with Crippen LogP contribution < -0.4 is 16.0 Å². The first-order valence-corrected chi connectivity index (χ1v) is 6.30. The van der Waals surface area contributed by atoms with Crippen LogP contribution in [0.25, 0.3) is 11.1 Å². The van der Waals surface area contributed by atoms with E-state index in [-0.39, 0.29) is 24.9 Å². The van der Waals surface area contributed by atoms with Crippen molar-refractivity contribution in [2.24, 2.45) is 0 Å². The van der Waals surface area contributed by atoms with E-state index in [1.165, 1.54) is 0 Å². The fraction of sp³-hybridized carbons (Fsp3) is 0.308. The number of aryl methyl sites for hydroxylation is 1. The Morgan fingerprint density at radius 2 is 2.35 bits per heavy atom. The highest BCUT2D eigenvalue weighted by Gasteiger charge is 2.23. The van der Waals surface area contributed by atoms with E-state index in [9.17, 15) is 9.59 Å². The fourth-order valence-electron chi connectivity index (χ4n) is 2.10. The molecule has 1 saturated heterocycles. The Balaban J connectivity index is 1.72. The first kappa shape index (κ1) is 12.6. The molecule has 2 heterocycles. The van der Waals surface area contributed by atoms with Gasteiger partial charge in [-0.3, -0.25) is 14.9 Å². The number of benzene rings is 1. The van der Waals surface area contributed by atoms with Crippen LogP contribution in [0.5, 0.6) is 0 Å². The first-order chi connectivity index (χ1) is 9.61. The molecule has 1 aromatic carbocycles. The van der Waals surface area contributed by atoms with Crippen LogP contribution in [-0.2, 0) is 9.59 Å². The second kappa shape index (κ2) is 4.93. The van der Waals surface area contributed by atoms with Gasteiger partial charge in [0.1, 0.15) is 11.6 Å². The Morgan fingerprint density at radius 1 is 1.50 bits per heavy atom. The Hall–Kier alpha value is -2.41. The van der Waals surface area contributed by atoms with E-state index in [1.54, 1.807) is 25.1 Å². The molecule has 1 atom stereocenters. The van der Waals surface area contributed by atoms with Gasteiger partial charge < -0.3 is 15.1 Å². The third kappa shape index (κ3) is 2.48. The summed E-state index contributed by atoms with van der Waals surface area (Å²) in [5, 5.41) is 8.31. The molecule has 0 radical (unpaired) electrons. The number of nitrogens with zero attached hydrogens (tertiary/aromatic N) is 1. The third-order valence-electron chi connectivity index (χ3n) is 3.09. The van der Waals surface area contributed by atoms with Gasteiger partial charge in [-0.15, -0.1) is 0 Å². The second-order valence-corrected chi connectivity index (χ2v) is 4.64. The van der Waals surface area contributed by atoms with Gasteiger partial charge in [-0.1, -0.05) is 0 Å². The van der Waals surface area contributed by atoms with Gasteiger partial charge >= 0.3 is 0 Å². The number of fused-ring (bicyclic) bond motifs is 1. The highest BCUT2D eigenvalue weighted by Crippen LogP contribution is 2.19. The molecule has 1 fully saturated rings. The average molecular weight is 274 g/mol. The quantitative estimate of drug-likeness (QED) is 0.725. The molecule has 7 nitrogen and oxygen atoms in total. The maximum Gasteiger partial charge on any atom is 0.243 e. The molecule has 1 aromatic heterocycles. The standard InChI is InChI=1S/C13H14N4O3/c1-7-16-9-4-8(2-3-11(9)20-7)17-13(19)10-5-15-12(18)6-14-10/h2-4,10,14H,5-6H2,1H3,(H,15,18)(H,17,19). The van der Waals surface area contributed by atoms with Crippen LogP contribution in [0.4, 0.5) is 5.69 Å². The summed E-state index contributed by atoms with van der Waals surface area (Å²) in [4.78, 5) is 27.3. The maximum atomic E-state index is 12.0. The molecular weight excluding hydrogens is 260 g/mol. The van der Waals surface area contributed by atoms with Crippen molar-refractivity contribution in [1.82, 2.24) is 15.6 Å². The minimum absolute atomic E-state index is 0.103. The molecule has 2 amide bonds. The van der Waals surface area contributed by atoms with Crippen molar-refractivity contribution in [3.8, 4) is 0 Å². The van der Waals surface area contributed by atoms with Crippen LogP contribution in [0, 0.1) is 6.92 Å². The average Bonchev–Trinajstić information content (AvgIpc) is 2.78. The van der Waals surface area contributed by atoms with E-state index in [0.29, 0.717) is 22.7 Å². The van der Waals surface area contributed by atoms with Gasteiger partial charge in [0.05, 0.1) is 6.54 Å². The molecule has 1 aliphatic heterocycles. The second-order valence-electron chi connectivity index (χ2n) is 4.64. The number of rotatable bonds is 2. The zero-order chi connectivity index (χ0) is 14.1. The van der Waals surface area contributed by atoms with Gasteiger partial charge in [0.25, 0.3) is 0 Å². The van der Waals surface area contributed by atoms with Crippen LogP contribution in [-0.4, -0.2) is 35.9 Å². The van der Waals surface area contributed by atoms with Crippen LogP contribution in [0.3, 0.4) is 0 Å². The van der Waals surface area contributed by atoms with Gasteiger partial charge in [-0.2, -0.15) is 0 Å². The lowest BCUT2D eigenvalue weighted by Gasteiger charge is -2.23. The van der Waals surface area contributed by atoms with Gasteiger partial charge in [0, 0.05) is 19.2 Å². The molecule has 7 heteroatoms. The van der Waals surface area contributed by atoms with E-state index in [0.717, 1.165) is 0 Å². The maximum absolute atomic E-state index is 12.0. The van der Waals surface area contributed by atoms with E-state index in [2.05, 4.69) is 20.9 Å². The van der Waals surface area contributed by atoms with E-state index in [4.69, 9.17) is 4.42 Å². The number of hydrogen-bond donors (Lipinski definition) is 3. The van der Waals surface area contributed by atoms with Gasteiger partial charge in [0.2, 0.25) is 11.8 Å². The lowest BCUT2D eigenvalue weighted by Crippen LogP contribution is -2.56. The number of anilines is 1. The lowest BCUT2D eigenvalue weighted by atomic mass is 10.2. The van der Waals surface area contributed by atoms with Crippen molar-refractivity contribution in [1.29, 1.82) is 0 Å². The Kier molecular flexibility index (Phi) is 3.11. The van der Waals surface area contributed by atoms with Gasteiger partial charge in [-0.05, 0) is 18.2 Å². The van der Waals surface area contributed by atoms with Crippen molar-refractivity contribution in [2.45, 2.75) is 13.0 Å². The summed E-state index contributed by atoms with van der Waals surface area (Å²) < 4.78 is 5.37. The summed E-state index contributed by atoms with van der Waals surface area (Å²) in [6.45, 7) is 2.21. The molecule has 0 bridgehead atoms. The van der Waals surface area contributed by atoms with Crippen molar-refractivity contribution < 1.29 is 14.0 Å². The Labute approximate surface area is 114 Å². The highest BCUT2D eigenvalue weighted by atomic mass is 16.3. The van der Waals surface area contributed by atoms with Gasteiger partial charge in [0.15, 0.2) is 11.5 Å². The summed E-state index contributed by atoms with van der Waals surface area (Å²) in [5.41, 5.74) is 2.03. The van der Waals surface area contributed by atoms with Gasteiger partial charge in [-0.25, -0.2) is 4.98 Å². The first-order valence-electron chi connectivity index (χ1n) is 6.30. The molecule has 0 saturated carbocycles. The minimum atomic E-state index is -0.428. The van der Waals surface area contributed by atoms with Crippen LogP contribution in [0.2, 0.25) is 0 Å². The fourth-order valence-corrected chi connectivity index (χ4v) is 2.10. The van der Waals surface area contributed by atoms with E-state index >= 15 is 0 Å². The topological polar surface area (TPSA) is 96.3 Å². The normalized spacial score (nSPS) is 18.9. The van der Waals surface area contributed by atoms with Crippen molar-refractivity contribution in [3.05, 3.63) is 24.1 Å². The molecule has 3 rings (SSSR count). The summed E-state index contributed by atoms with van der Waals surface area (Å²) >= 11 is 0. The molecule has 2 aromatic rings. The SMILES string of the molecule is Cc1nc2cc(NC(=O)C3CNC(=O)CN3)ccc2o1. The number of amides is 2. The number of nitrogens with one attached hydrogen (secondary N) is 3. The highest BCUT2D eigenvalue weighted by molar-refractivity contribution is 5.97. The third-order valence-corrected chi connectivity index (χ3v) is 3.09. The number of oxazole rings is 1.